The molecule has 0 aliphatic heterocycles. The van der Waals surface area contributed by atoms with E-state index in [1.807, 2.05) is 0 Å². The van der Waals surface area contributed by atoms with E-state index in [1.54, 1.807) is 0 Å². The highest BCUT2D eigenvalue weighted by atomic mass is 14.2. The Kier molecular flexibility index (Phi) is 6.60. The third-order valence-corrected chi connectivity index (χ3v) is 10.4. The molecule has 232 valence electrons. The molecule has 0 aromatic heterocycles. The molecule has 10 rings (SSSR count). The van der Waals surface area contributed by atoms with E-state index in [4.69, 9.17) is 0 Å². The van der Waals surface area contributed by atoms with Crippen molar-refractivity contribution in [1.82, 2.24) is 0 Å². The lowest BCUT2D eigenvalue weighted by molar-refractivity contribution is 1.62. The van der Waals surface area contributed by atoms with Crippen molar-refractivity contribution in [2.24, 2.45) is 0 Å². The molecule has 0 spiro atoms. The van der Waals surface area contributed by atoms with Crippen LogP contribution in [0.25, 0.3) is 98.4 Å². The Labute approximate surface area is 291 Å². The van der Waals surface area contributed by atoms with Crippen LogP contribution in [0.5, 0.6) is 0 Å². The number of rotatable bonds is 4. The van der Waals surface area contributed by atoms with Gasteiger partial charge < -0.3 is 0 Å². The monoisotopic (exact) mass is 632 g/mol. The van der Waals surface area contributed by atoms with Crippen LogP contribution < -0.4 is 0 Å². The van der Waals surface area contributed by atoms with Crippen molar-refractivity contribution in [2.75, 3.05) is 0 Å². The second-order valence-electron chi connectivity index (χ2n) is 13.2. The first-order valence-corrected chi connectivity index (χ1v) is 17.3. The molecule has 0 atom stereocenters. The van der Waals surface area contributed by atoms with Crippen molar-refractivity contribution >= 4 is 53.9 Å². The van der Waals surface area contributed by atoms with Gasteiger partial charge in [0.25, 0.3) is 0 Å². The van der Waals surface area contributed by atoms with E-state index in [9.17, 15) is 0 Å². The summed E-state index contributed by atoms with van der Waals surface area (Å²) < 4.78 is 0. The van der Waals surface area contributed by atoms with Crippen LogP contribution >= 0.6 is 0 Å². The van der Waals surface area contributed by atoms with E-state index in [0.29, 0.717) is 0 Å². The fourth-order valence-electron chi connectivity index (χ4n) is 8.06. The molecular weight excluding hydrogens is 601 g/mol. The van der Waals surface area contributed by atoms with E-state index in [1.165, 1.54) is 98.4 Å². The Morgan fingerprint density at radius 2 is 0.740 bits per heavy atom. The molecule has 0 heteroatoms. The van der Waals surface area contributed by atoms with Crippen LogP contribution in [0.2, 0.25) is 0 Å². The maximum absolute atomic E-state index is 2.40. The second-order valence-corrected chi connectivity index (χ2v) is 13.2. The molecule has 0 radical (unpaired) electrons. The Morgan fingerprint density at radius 1 is 0.200 bits per heavy atom. The molecule has 0 N–H and O–H groups in total. The van der Waals surface area contributed by atoms with Gasteiger partial charge in [0, 0.05) is 0 Å². The molecular formula is C50H32. The van der Waals surface area contributed by atoms with Gasteiger partial charge in [-0.25, -0.2) is 0 Å². The summed E-state index contributed by atoms with van der Waals surface area (Å²) in [5.41, 5.74) is 9.94. The SMILES string of the molecule is c1ccc(-c2ccc3c(-c4ccc(-c5cccc6c5ccc5ccccc56)cc4)c4ccccc4c(-c4ccc5ccccc5c4)c3c2)cc1. The average molecular weight is 633 g/mol. The maximum atomic E-state index is 2.40. The lowest BCUT2D eigenvalue weighted by Gasteiger charge is -2.19. The van der Waals surface area contributed by atoms with E-state index >= 15 is 0 Å². The molecule has 0 nitrogen and oxygen atoms in total. The first kappa shape index (κ1) is 28.5. The molecule has 0 fully saturated rings. The van der Waals surface area contributed by atoms with Gasteiger partial charge >= 0.3 is 0 Å². The normalized spacial score (nSPS) is 11.6. The third kappa shape index (κ3) is 4.61. The zero-order valence-corrected chi connectivity index (χ0v) is 27.5. The fraction of sp³-hybridized carbons (Fsp3) is 0. The topological polar surface area (TPSA) is 0 Å². The van der Waals surface area contributed by atoms with Gasteiger partial charge in [-0.05, 0) is 111 Å². The van der Waals surface area contributed by atoms with Gasteiger partial charge in [0.2, 0.25) is 0 Å². The predicted molar refractivity (Wildman–Crippen MR) is 216 cm³/mol. The molecule has 0 unspecified atom stereocenters. The van der Waals surface area contributed by atoms with Crippen molar-refractivity contribution in [2.45, 2.75) is 0 Å². The molecule has 10 aromatic carbocycles. The van der Waals surface area contributed by atoms with Gasteiger partial charge in [-0.3, -0.25) is 0 Å². The number of benzene rings is 10. The van der Waals surface area contributed by atoms with Crippen LogP contribution in [0.3, 0.4) is 0 Å². The fourth-order valence-corrected chi connectivity index (χ4v) is 8.06. The Balaban J connectivity index is 1.21. The molecule has 0 bridgehead atoms. The first-order chi connectivity index (χ1) is 24.8. The van der Waals surface area contributed by atoms with Crippen molar-refractivity contribution in [3.05, 3.63) is 194 Å². The minimum Gasteiger partial charge on any atom is -0.0622 e. The summed E-state index contributed by atoms with van der Waals surface area (Å²) >= 11 is 0. The molecule has 0 aliphatic carbocycles. The summed E-state index contributed by atoms with van der Waals surface area (Å²) in [5.74, 6) is 0. The van der Waals surface area contributed by atoms with Crippen molar-refractivity contribution in [1.29, 1.82) is 0 Å². The summed E-state index contributed by atoms with van der Waals surface area (Å²) in [7, 11) is 0. The Morgan fingerprint density at radius 3 is 1.54 bits per heavy atom. The van der Waals surface area contributed by atoms with Gasteiger partial charge in [-0.15, -0.1) is 0 Å². The largest absolute Gasteiger partial charge is 0.0622 e. The van der Waals surface area contributed by atoms with Gasteiger partial charge in [-0.2, -0.15) is 0 Å². The van der Waals surface area contributed by atoms with Gasteiger partial charge in [-0.1, -0.05) is 182 Å². The minimum absolute atomic E-state index is 1.22. The third-order valence-electron chi connectivity index (χ3n) is 10.4. The summed E-state index contributed by atoms with van der Waals surface area (Å²) in [6.45, 7) is 0. The van der Waals surface area contributed by atoms with Crippen LogP contribution in [-0.2, 0) is 0 Å². The molecule has 10 aromatic rings. The van der Waals surface area contributed by atoms with Crippen LogP contribution in [0.15, 0.2) is 194 Å². The first-order valence-electron chi connectivity index (χ1n) is 17.3. The smallest absolute Gasteiger partial charge is 0.00259 e. The lowest BCUT2D eigenvalue weighted by Crippen LogP contribution is -1.92. The molecule has 0 aliphatic rings. The van der Waals surface area contributed by atoms with E-state index < -0.39 is 0 Å². The number of hydrogen-bond acceptors (Lipinski definition) is 0. The molecule has 50 heavy (non-hydrogen) atoms. The van der Waals surface area contributed by atoms with Gasteiger partial charge in [0.05, 0.1) is 0 Å². The van der Waals surface area contributed by atoms with Crippen LogP contribution in [-0.4, -0.2) is 0 Å². The minimum atomic E-state index is 1.22. The maximum Gasteiger partial charge on any atom is -0.00259 e. The standard InChI is InChI=1S/C50H32/c1-2-11-33(12-3-1)39-28-30-47-48(32-39)50(40-26-21-34-13-4-5-15-38(34)31-40)46-18-9-8-17-45(46)49(47)37-24-22-36(23-25-37)42-19-10-20-43-41-16-7-6-14-35(41)27-29-44(42)43/h1-32H. The summed E-state index contributed by atoms with van der Waals surface area (Å²) in [5, 5.41) is 12.7. The quantitative estimate of drug-likeness (QED) is 0.134. The second kappa shape index (κ2) is 11.6. The zero-order valence-electron chi connectivity index (χ0n) is 27.5. The van der Waals surface area contributed by atoms with E-state index in [0.717, 1.165) is 0 Å². The molecule has 0 heterocycles. The molecule has 0 saturated carbocycles. The molecule has 0 amide bonds. The van der Waals surface area contributed by atoms with E-state index in [-0.39, 0.29) is 0 Å². The van der Waals surface area contributed by atoms with Crippen molar-refractivity contribution in [3.8, 4) is 44.5 Å². The van der Waals surface area contributed by atoms with Crippen LogP contribution in [0, 0.1) is 0 Å². The van der Waals surface area contributed by atoms with Gasteiger partial charge in [0.15, 0.2) is 0 Å². The highest BCUT2D eigenvalue weighted by Gasteiger charge is 2.18. The van der Waals surface area contributed by atoms with Crippen molar-refractivity contribution in [3.63, 3.8) is 0 Å². The average Bonchev–Trinajstić information content (AvgIpc) is 3.19. The lowest BCUT2D eigenvalue weighted by atomic mass is 9.84. The molecule has 0 saturated heterocycles. The highest BCUT2D eigenvalue weighted by molar-refractivity contribution is 6.22. The van der Waals surface area contributed by atoms with Crippen LogP contribution in [0.1, 0.15) is 0 Å². The zero-order chi connectivity index (χ0) is 33.0. The number of hydrogen-bond donors (Lipinski definition) is 0. The highest BCUT2D eigenvalue weighted by Crippen LogP contribution is 2.46. The Hall–Kier alpha value is -6.50. The van der Waals surface area contributed by atoms with Crippen molar-refractivity contribution < 1.29 is 0 Å². The van der Waals surface area contributed by atoms with Crippen LogP contribution in [0.4, 0.5) is 0 Å². The van der Waals surface area contributed by atoms with Gasteiger partial charge in [0.1, 0.15) is 0 Å². The predicted octanol–water partition coefficient (Wildman–Crippen LogP) is 14.1. The summed E-state index contributed by atoms with van der Waals surface area (Å²) in [6.07, 6.45) is 0. The Bertz CT molecular complexity index is 2900. The summed E-state index contributed by atoms with van der Waals surface area (Å²) in [6, 6.07) is 71.4. The van der Waals surface area contributed by atoms with E-state index in [2.05, 4.69) is 194 Å². The number of fused-ring (bicyclic) bond motifs is 6. The summed E-state index contributed by atoms with van der Waals surface area (Å²) in [4.78, 5) is 0.